The van der Waals surface area contributed by atoms with Gasteiger partial charge in [0.2, 0.25) is 0 Å². The van der Waals surface area contributed by atoms with Crippen molar-refractivity contribution < 1.29 is 0 Å². The van der Waals surface area contributed by atoms with Crippen molar-refractivity contribution in [3.63, 3.8) is 0 Å². The maximum atomic E-state index is 4.57. The summed E-state index contributed by atoms with van der Waals surface area (Å²) in [5, 5.41) is 8.19. The largest absolute Gasteiger partial charge is 0.309 e. The van der Waals surface area contributed by atoms with Gasteiger partial charge in [-0.05, 0) is 37.3 Å². The summed E-state index contributed by atoms with van der Waals surface area (Å²) in [6.07, 6.45) is 2.25. The molecule has 3 nitrogen and oxygen atoms in total. The van der Waals surface area contributed by atoms with E-state index >= 15 is 0 Å². The number of rotatable bonds is 7. The van der Waals surface area contributed by atoms with Crippen LogP contribution >= 0.6 is 0 Å². The quantitative estimate of drug-likeness (QED) is 0.805. The molecule has 0 fully saturated rings. The Hall–Kier alpha value is -0.830. The molecule has 0 aliphatic heterocycles. The number of nitrogens with zero attached hydrogens (tertiary/aromatic N) is 2. The summed E-state index contributed by atoms with van der Waals surface area (Å²) in [5.74, 6) is 1.37. The smallest absolute Gasteiger partial charge is 0.0625 e. The molecular formula is C15H29N3. The molecule has 0 amide bonds. The fourth-order valence-electron chi connectivity index (χ4n) is 2.70. The van der Waals surface area contributed by atoms with Gasteiger partial charge in [-0.2, -0.15) is 5.10 Å². The van der Waals surface area contributed by atoms with Crippen molar-refractivity contribution in [3.8, 4) is 0 Å². The fraction of sp³-hybridized carbons (Fsp3) is 0.800. The highest BCUT2D eigenvalue weighted by Gasteiger charge is 2.22. The predicted molar refractivity (Wildman–Crippen MR) is 77.6 cm³/mol. The van der Waals surface area contributed by atoms with Gasteiger partial charge in [-0.25, -0.2) is 0 Å². The molecule has 0 aliphatic rings. The summed E-state index contributed by atoms with van der Waals surface area (Å²) in [4.78, 5) is 0. The van der Waals surface area contributed by atoms with Crippen LogP contribution in [0.4, 0.5) is 0 Å². The molecule has 2 unspecified atom stereocenters. The number of nitrogens with one attached hydrogen (secondary N) is 1. The van der Waals surface area contributed by atoms with Crippen LogP contribution in [0.3, 0.4) is 0 Å². The molecule has 1 heterocycles. The molecule has 0 spiro atoms. The Balaban J connectivity index is 2.91. The Bertz CT molecular complexity index is 355. The van der Waals surface area contributed by atoms with Gasteiger partial charge in [-0.15, -0.1) is 0 Å². The number of hydrogen-bond donors (Lipinski definition) is 1. The van der Waals surface area contributed by atoms with Crippen LogP contribution < -0.4 is 5.32 Å². The average Bonchev–Trinajstić information content (AvgIpc) is 2.66. The third-order valence-corrected chi connectivity index (χ3v) is 3.48. The molecule has 1 rings (SSSR count). The first kappa shape index (κ1) is 15.2. The normalized spacial score (nSPS) is 15.1. The summed E-state index contributed by atoms with van der Waals surface area (Å²) in [6.45, 7) is 12.3. The standard InChI is InChI=1S/C15H29N3/c1-7-13-10-14(18(6)17-13)15(16-8-2)12(5)9-11(3)4/h10-12,15-16H,7-9H2,1-6H3. The molecule has 1 N–H and O–H groups in total. The van der Waals surface area contributed by atoms with E-state index in [0.29, 0.717) is 12.0 Å². The van der Waals surface area contributed by atoms with Gasteiger partial charge in [0.1, 0.15) is 0 Å². The van der Waals surface area contributed by atoms with Crippen LogP contribution in [-0.2, 0) is 13.5 Å². The van der Waals surface area contributed by atoms with Gasteiger partial charge in [0, 0.05) is 7.05 Å². The summed E-state index contributed by atoms with van der Waals surface area (Å²) >= 11 is 0. The van der Waals surface area contributed by atoms with Crippen molar-refractivity contribution in [1.82, 2.24) is 15.1 Å². The molecule has 3 heteroatoms. The van der Waals surface area contributed by atoms with E-state index in [1.807, 2.05) is 4.68 Å². The Morgan fingerprint density at radius 2 is 1.94 bits per heavy atom. The van der Waals surface area contributed by atoms with Crippen molar-refractivity contribution in [2.45, 2.75) is 53.5 Å². The molecule has 0 aromatic carbocycles. The van der Waals surface area contributed by atoms with Gasteiger partial charge in [-0.1, -0.05) is 34.6 Å². The molecule has 104 valence electrons. The Kier molecular flexibility index (Phi) is 5.86. The van der Waals surface area contributed by atoms with E-state index in [9.17, 15) is 0 Å². The van der Waals surface area contributed by atoms with Crippen molar-refractivity contribution in [2.24, 2.45) is 18.9 Å². The van der Waals surface area contributed by atoms with Crippen LogP contribution in [0.5, 0.6) is 0 Å². The molecule has 0 saturated heterocycles. The highest BCUT2D eigenvalue weighted by Crippen LogP contribution is 2.27. The Morgan fingerprint density at radius 3 is 2.39 bits per heavy atom. The Labute approximate surface area is 112 Å². The topological polar surface area (TPSA) is 29.9 Å². The first-order valence-corrected chi connectivity index (χ1v) is 7.25. The second-order valence-corrected chi connectivity index (χ2v) is 5.68. The summed E-state index contributed by atoms with van der Waals surface area (Å²) in [5.41, 5.74) is 2.51. The zero-order valence-electron chi connectivity index (χ0n) is 12.8. The number of aryl methyl sites for hydroxylation is 2. The molecule has 0 aliphatic carbocycles. The summed E-state index contributed by atoms with van der Waals surface area (Å²) in [7, 11) is 2.06. The van der Waals surface area contributed by atoms with Crippen molar-refractivity contribution in [3.05, 3.63) is 17.5 Å². The van der Waals surface area contributed by atoms with E-state index in [1.165, 1.54) is 17.8 Å². The third-order valence-electron chi connectivity index (χ3n) is 3.48. The van der Waals surface area contributed by atoms with Crippen LogP contribution in [-0.4, -0.2) is 16.3 Å². The summed E-state index contributed by atoms with van der Waals surface area (Å²) < 4.78 is 2.04. The highest BCUT2D eigenvalue weighted by molar-refractivity contribution is 5.15. The lowest BCUT2D eigenvalue weighted by molar-refractivity contribution is 0.320. The van der Waals surface area contributed by atoms with Gasteiger partial charge >= 0.3 is 0 Å². The molecular weight excluding hydrogens is 222 g/mol. The Morgan fingerprint density at radius 1 is 1.28 bits per heavy atom. The van der Waals surface area contributed by atoms with Crippen LogP contribution in [0.25, 0.3) is 0 Å². The molecule has 18 heavy (non-hydrogen) atoms. The maximum Gasteiger partial charge on any atom is 0.0625 e. The lowest BCUT2D eigenvalue weighted by Crippen LogP contribution is -2.29. The minimum absolute atomic E-state index is 0.412. The molecule has 0 bridgehead atoms. The molecule has 0 saturated carbocycles. The molecule has 0 radical (unpaired) electrons. The van der Waals surface area contributed by atoms with Gasteiger partial charge < -0.3 is 5.32 Å². The lowest BCUT2D eigenvalue weighted by atomic mass is 9.90. The van der Waals surface area contributed by atoms with E-state index in [1.54, 1.807) is 0 Å². The number of aromatic nitrogens is 2. The zero-order chi connectivity index (χ0) is 13.7. The predicted octanol–water partition coefficient (Wildman–Crippen LogP) is 3.32. The lowest BCUT2D eigenvalue weighted by Gasteiger charge is -2.26. The maximum absolute atomic E-state index is 4.57. The van der Waals surface area contributed by atoms with Crippen molar-refractivity contribution >= 4 is 0 Å². The van der Waals surface area contributed by atoms with E-state index in [-0.39, 0.29) is 0 Å². The van der Waals surface area contributed by atoms with Crippen LogP contribution in [0.15, 0.2) is 6.07 Å². The molecule has 1 aromatic rings. The summed E-state index contributed by atoms with van der Waals surface area (Å²) in [6, 6.07) is 2.67. The third kappa shape index (κ3) is 3.84. The minimum Gasteiger partial charge on any atom is -0.309 e. The van der Waals surface area contributed by atoms with E-state index in [2.05, 4.69) is 58.1 Å². The van der Waals surface area contributed by atoms with Gasteiger partial charge in [0.05, 0.1) is 17.4 Å². The molecule has 1 aromatic heterocycles. The molecule has 2 atom stereocenters. The van der Waals surface area contributed by atoms with E-state index < -0.39 is 0 Å². The number of hydrogen-bond acceptors (Lipinski definition) is 2. The van der Waals surface area contributed by atoms with Gasteiger partial charge in [0.15, 0.2) is 0 Å². The van der Waals surface area contributed by atoms with Crippen molar-refractivity contribution in [1.29, 1.82) is 0 Å². The SMILES string of the molecule is CCNC(c1cc(CC)nn1C)C(C)CC(C)C. The first-order valence-electron chi connectivity index (χ1n) is 7.25. The van der Waals surface area contributed by atoms with Crippen LogP contribution in [0.1, 0.15) is 58.5 Å². The van der Waals surface area contributed by atoms with Crippen molar-refractivity contribution in [2.75, 3.05) is 6.54 Å². The highest BCUT2D eigenvalue weighted by atomic mass is 15.3. The van der Waals surface area contributed by atoms with Gasteiger partial charge in [0.25, 0.3) is 0 Å². The average molecular weight is 251 g/mol. The fourth-order valence-corrected chi connectivity index (χ4v) is 2.70. The van der Waals surface area contributed by atoms with Crippen LogP contribution in [0.2, 0.25) is 0 Å². The van der Waals surface area contributed by atoms with E-state index in [0.717, 1.165) is 18.9 Å². The second-order valence-electron chi connectivity index (χ2n) is 5.68. The first-order chi connectivity index (χ1) is 8.49. The second kappa shape index (κ2) is 6.93. The van der Waals surface area contributed by atoms with E-state index in [4.69, 9.17) is 0 Å². The zero-order valence-corrected chi connectivity index (χ0v) is 12.8. The minimum atomic E-state index is 0.412. The van der Waals surface area contributed by atoms with Gasteiger partial charge in [-0.3, -0.25) is 4.68 Å². The van der Waals surface area contributed by atoms with Crippen LogP contribution in [0, 0.1) is 11.8 Å². The monoisotopic (exact) mass is 251 g/mol.